The Kier molecular flexibility index (Phi) is 3.45. The van der Waals surface area contributed by atoms with Crippen molar-refractivity contribution in [2.45, 2.75) is 19.0 Å². The highest BCUT2D eigenvalue weighted by Crippen LogP contribution is 2.22. The van der Waals surface area contributed by atoms with E-state index in [-0.39, 0.29) is 18.6 Å². The minimum Gasteiger partial charge on any atom is -0.394 e. The molecule has 92 valence electrons. The van der Waals surface area contributed by atoms with Crippen molar-refractivity contribution in [2.24, 2.45) is 0 Å². The number of aliphatic hydroxyl groups is 1. The fraction of sp³-hybridized carbons (Fsp3) is 0.462. The van der Waals surface area contributed by atoms with Gasteiger partial charge in [0, 0.05) is 18.3 Å². The molecule has 0 aromatic heterocycles. The van der Waals surface area contributed by atoms with Crippen LogP contribution in [0.5, 0.6) is 0 Å². The second kappa shape index (κ2) is 4.85. The number of hydrogen-bond acceptors (Lipinski definition) is 3. The van der Waals surface area contributed by atoms with Crippen LogP contribution >= 0.6 is 0 Å². The minimum atomic E-state index is -0.432. The summed E-state index contributed by atoms with van der Waals surface area (Å²) in [5.41, 5.74) is 0.899. The first-order valence-electron chi connectivity index (χ1n) is 5.84. The number of anilines is 1. The maximum Gasteiger partial charge on any atom is 0.246 e. The van der Waals surface area contributed by atoms with E-state index in [1.165, 1.54) is 0 Å². The lowest BCUT2D eigenvalue weighted by Crippen LogP contribution is -2.61. The van der Waals surface area contributed by atoms with E-state index >= 15 is 0 Å². The van der Waals surface area contributed by atoms with E-state index in [4.69, 9.17) is 0 Å². The summed E-state index contributed by atoms with van der Waals surface area (Å²) in [6.45, 7) is 2.59. The predicted octanol–water partition coefficient (Wildman–Crippen LogP) is 0.714. The molecule has 1 aliphatic rings. The van der Waals surface area contributed by atoms with Crippen LogP contribution in [0.15, 0.2) is 30.3 Å². The predicted molar refractivity (Wildman–Crippen MR) is 66.9 cm³/mol. The van der Waals surface area contributed by atoms with Gasteiger partial charge in [-0.2, -0.15) is 0 Å². The normalized spacial score (nSPS) is 26.3. The third-order valence-corrected chi connectivity index (χ3v) is 3.43. The first-order chi connectivity index (χ1) is 8.15. The van der Waals surface area contributed by atoms with Crippen molar-refractivity contribution in [3.63, 3.8) is 0 Å². The van der Waals surface area contributed by atoms with Gasteiger partial charge in [-0.25, -0.2) is 0 Å². The standard InChI is InChI=1S/C13H18N2O2/c1-10-8-15(11-6-4-3-5-7-11)13(17)12(9-16)14(10)2/h3-7,10,12,16H,8-9H2,1-2H3. The molecule has 4 nitrogen and oxygen atoms in total. The average molecular weight is 234 g/mol. The molecule has 1 aliphatic heterocycles. The van der Waals surface area contributed by atoms with Gasteiger partial charge in [-0.3, -0.25) is 9.69 Å². The molecule has 1 fully saturated rings. The molecule has 1 aromatic rings. The largest absolute Gasteiger partial charge is 0.394 e. The fourth-order valence-corrected chi connectivity index (χ4v) is 2.19. The summed E-state index contributed by atoms with van der Waals surface area (Å²) in [4.78, 5) is 15.9. The SMILES string of the molecule is CC1CN(c2ccccc2)C(=O)C(CO)N1C. The number of nitrogens with zero attached hydrogens (tertiary/aromatic N) is 2. The maximum absolute atomic E-state index is 12.2. The maximum atomic E-state index is 12.2. The summed E-state index contributed by atoms with van der Waals surface area (Å²) in [6, 6.07) is 9.41. The highest BCUT2D eigenvalue weighted by molar-refractivity contribution is 5.98. The van der Waals surface area contributed by atoms with E-state index in [9.17, 15) is 9.90 Å². The molecule has 1 aromatic carbocycles. The molecule has 1 amide bonds. The molecule has 1 heterocycles. The van der Waals surface area contributed by atoms with Gasteiger partial charge in [0.1, 0.15) is 6.04 Å². The van der Waals surface area contributed by atoms with Crippen LogP contribution < -0.4 is 4.90 Å². The number of carbonyl (C=O) groups is 1. The second-order valence-corrected chi connectivity index (χ2v) is 4.50. The molecule has 0 aliphatic carbocycles. The molecule has 4 heteroatoms. The minimum absolute atomic E-state index is 0.0284. The molecule has 1 N–H and O–H groups in total. The van der Waals surface area contributed by atoms with Crippen molar-refractivity contribution in [1.29, 1.82) is 0 Å². The number of rotatable bonds is 2. The zero-order valence-electron chi connectivity index (χ0n) is 10.2. The third kappa shape index (κ3) is 2.18. The number of carbonyl (C=O) groups excluding carboxylic acids is 1. The zero-order valence-corrected chi connectivity index (χ0v) is 10.2. The van der Waals surface area contributed by atoms with E-state index in [0.717, 1.165) is 5.69 Å². The highest BCUT2D eigenvalue weighted by Gasteiger charge is 2.36. The van der Waals surface area contributed by atoms with Crippen LogP contribution in [0, 0.1) is 0 Å². The van der Waals surface area contributed by atoms with Crippen LogP contribution in [-0.2, 0) is 4.79 Å². The Hall–Kier alpha value is -1.39. The number of likely N-dealkylation sites (N-methyl/N-ethyl adjacent to an activating group) is 1. The molecule has 0 bridgehead atoms. The summed E-state index contributed by atoms with van der Waals surface area (Å²) in [5.74, 6) is -0.0284. The molecule has 2 atom stereocenters. The highest BCUT2D eigenvalue weighted by atomic mass is 16.3. The van der Waals surface area contributed by atoms with Gasteiger partial charge in [0.15, 0.2) is 0 Å². The Morgan fingerprint density at radius 2 is 2.00 bits per heavy atom. The first-order valence-corrected chi connectivity index (χ1v) is 5.84. The topological polar surface area (TPSA) is 43.8 Å². The Balaban J connectivity index is 2.27. The van der Waals surface area contributed by atoms with Gasteiger partial charge < -0.3 is 10.0 Å². The Morgan fingerprint density at radius 1 is 1.35 bits per heavy atom. The van der Waals surface area contributed by atoms with Crippen molar-refractivity contribution in [3.8, 4) is 0 Å². The molecule has 0 spiro atoms. The fourth-order valence-electron chi connectivity index (χ4n) is 2.19. The average Bonchev–Trinajstić information content (AvgIpc) is 2.36. The number of amides is 1. The van der Waals surface area contributed by atoms with Gasteiger partial charge >= 0.3 is 0 Å². The lowest BCUT2D eigenvalue weighted by atomic mass is 10.1. The van der Waals surface area contributed by atoms with Crippen molar-refractivity contribution >= 4 is 11.6 Å². The Morgan fingerprint density at radius 3 is 2.59 bits per heavy atom. The molecule has 2 unspecified atom stereocenters. The van der Waals surface area contributed by atoms with Gasteiger partial charge in [0.05, 0.1) is 6.61 Å². The third-order valence-electron chi connectivity index (χ3n) is 3.43. The van der Waals surface area contributed by atoms with Crippen LogP contribution in [0.2, 0.25) is 0 Å². The van der Waals surface area contributed by atoms with Crippen molar-refractivity contribution in [2.75, 3.05) is 25.1 Å². The van der Waals surface area contributed by atoms with Crippen LogP contribution in [0.25, 0.3) is 0 Å². The molecule has 2 rings (SSSR count). The monoisotopic (exact) mass is 234 g/mol. The lowest BCUT2D eigenvalue weighted by molar-refractivity contribution is -0.128. The van der Waals surface area contributed by atoms with Gasteiger partial charge in [-0.15, -0.1) is 0 Å². The van der Waals surface area contributed by atoms with Gasteiger partial charge in [-0.1, -0.05) is 18.2 Å². The summed E-state index contributed by atoms with van der Waals surface area (Å²) >= 11 is 0. The quantitative estimate of drug-likeness (QED) is 0.820. The second-order valence-electron chi connectivity index (χ2n) is 4.50. The number of para-hydroxylation sites is 1. The Labute approximate surface area is 101 Å². The smallest absolute Gasteiger partial charge is 0.246 e. The van der Waals surface area contributed by atoms with Gasteiger partial charge in [0.2, 0.25) is 5.91 Å². The number of hydrogen-bond donors (Lipinski definition) is 1. The summed E-state index contributed by atoms with van der Waals surface area (Å²) in [5, 5.41) is 9.33. The summed E-state index contributed by atoms with van der Waals surface area (Å²) in [6.07, 6.45) is 0. The lowest BCUT2D eigenvalue weighted by Gasteiger charge is -2.42. The van der Waals surface area contributed by atoms with E-state index < -0.39 is 6.04 Å². The molecular formula is C13H18N2O2. The first kappa shape index (κ1) is 12.1. The molecule has 1 saturated heterocycles. The van der Waals surface area contributed by atoms with Crippen LogP contribution in [0.4, 0.5) is 5.69 Å². The van der Waals surface area contributed by atoms with E-state index in [1.807, 2.05) is 42.3 Å². The van der Waals surface area contributed by atoms with Crippen LogP contribution in [0.1, 0.15) is 6.92 Å². The molecule has 0 saturated carbocycles. The van der Waals surface area contributed by atoms with Gasteiger partial charge in [0.25, 0.3) is 0 Å². The van der Waals surface area contributed by atoms with E-state index in [1.54, 1.807) is 4.90 Å². The summed E-state index contributed by atoms with van der Waals surface area (Å²) in [7, 11) is 1.88. The van der Waals surface area contributed by atoms with Crippen LogP contribution in [0.3, 0.4) is 0 Å². The zero-order chi connectivity index (χ0) is 12.4. The van der Waals surface area contributed by atoms with Crippen molar-refractivity contribution < 1.29 is 9.90 Å². The Bertz CT molecular complexity index is 394. The van der Waals surface area contributed by atoms with E-state index in [2.05, 4.69) is 6.92 Å². The number of piperazine rings is 1. The molecule has 0 radical (unpaired) electrons. The van der Waals surface area contributed by atoms with E-state index in [0.29, 0.717) is 6.54 Å². The number of aliphatic hydroxyl groups excluding tert-OH is 1. The van der Waals surface area contributed by atoms with Gasteiger partial charge in [-0.05, 0) is 26.1 Å². The molecular weight excluding hydrogens is 216 g/mol. The van der Waals surface area contributed by atoms with Crippen molar-refractivity contribution in [3.05, 3.63) is 30.3 Å². The molecule has 17 heavy (non-hydrogen) atoms. The summed E-state index contributed by atoms with van der Waals surface area (Å²) < 4.78 is 0. The number of benzene rings is 1. The van der Waals surface area contributed by atoms with Crippen molar-refractivity contribution in [1.82, 2.24) is 4.90 Å². The van der Waals surface area contributed by atoms with Crippen LogP contribution in [-0.4, -0.2) is 48.2 Å².